The van der Waals surface area contributed by atoms with E-state index in [1.807, 2.05) is 0 Å². The molecule has 5 rings (SSSR count). The minimum absolute atomic E-state index is 0.0577. The number of ether oxygens (including phenoxy) is 1. The van der Waals surface area contributed by atoms with Crippen LogP contribution in [0.2, 0.25) is 0 Å². The van der Waals surface area contributed by atoms with Gasteiger partial charge in [-0.25, -0.2) is 4.39 Å². The molecule has 5 atom stereocenters. The van der Waals surface area contributed by atoms with Gasteiger partial charge in [0.15, 0.2) is 0 Å². The Hall–Kier alpha value is -0.920. The predicted molar refractivity (Wildman–Crippen MR) is 108 cm³/mol. The van der Waals surface area contributed by atoms with Crippen molar-refractivity contribution in [1.82, 2.24) is 16.0 Å². The second kappa shape index (κ2) is 8.31. The van der Waals surface area contributed by atoms with E-state index in [0.29, 0.717) is 43.9 Å². The molecule has 5 aliphatic rings. The van der Waals surface area contributed by atoms with E-state index in [2.05, 4.69) is 22.9 Å². The summed E-state index contributed by atoms with van der Waals surface area (Å²) in [6, 6.07) is 0. The van der Waals surface area contributed by atoms with Gasteiger partial charge in [-0.3, -0.25) is 9.59 Å². The van der Waals surface area contributed by atoms with Gasteiger partial charge < -0.3 is 20.7 Å². The number of carbonyl (C=O) groups is 2. The first kappa shape index (κ1) is 21.3. The molecule has 4 saturated carbocycles. The summed E-state index contributed by atoms with van der Waals surface area (Å²) in [4.78, 5) is 24.9. The van der Waals surface area contributed by atoms with E-state index in [1.54, 1.807) is 0 Å². The highest BCUT2D eigenvalue weighted by Gasteiger charge is 2.72. The van der Waals surface area contributed by atoms with Gasteiger partial charge in [-0.05, 0) is 63.5 Å². The van der Waals surface area contributed by atoms with Crippen molar-refractivity contribution in [2.24, 2.45) is 17.3 Å². The third-order valence-corrected chi connectivity index (χ3v) is 8.02. The quantitative estimate of drug-likeness (QED) is 0.540. The third kappa shape index (κ3) is 4.42. The van der Waals surface area contributed by atoms with Crippen LogP contribution in [0.25, 0.3) is 0 Å². The zero-order valence-electron chi connectivity index (χ0n) is 17.1. The molecular formula is C21H33ClFN3O3. The smallest absolute Gasteiger partial charge is 0.246 e. The molecule has 164 valence electrons. The Kier molecular flexibility index (Phi) is 6.11. The molecule has 0 aromatic carbocycles. The van der Waals surface area contributed by atoms with E-state index in [1.165, 1.54) is 0 Å². The topological polar surface area (TPSA) is 79.5 Å². The van der Waals surface area contributed by atoms with Gasteiger partial charge in [0.05, 0.1) is 16.9 Å². The first-order valence-electron chi connectivity index (χ1n) is 11.0. The summed E-state index contributed by atoms with van der Waals surface area (Å²) in [5.41, 5.74) is -0.534. The molecule has 2 bridgehead atoms. The van der Waals surface area contributed by atoms with Crippen LogP contribution in [-0.4, -0.2) is 61.2 Å². The van der Waals surface area contributed by atoms with Crippen LogP contribution in [0.15, 0.2) is 0 Å². The van der Waals surface area contributed by atoms with Crippen LogP contribution in [0.3, 0.4) is 0 Å². The maximum absolute atomic E-state index is 13.7. The molecular weight excluding hydrogens is 397 g/mol. The van der Waals surface area contributed by atoms with Crippen LogP contribution in [0.4, 0.5) is 4.39 Å². The Morgan fingerprint density at radius 1 is 1.24 bits per heavy atom. The SMILES string of the molecule is CC1CCNCC1CNC(=O)C12CC(NC(=O)COC3CCC(Cl)C(F)C3)(C1)C2. The number of amides is 2. The minimum atomic E-state index is -1.07. The number of piperidine rings is 1. The molecule has 4 aliphatic carbocycles. The second-order valence-corrected chi connectivity index (χ2v) is 10.4. The summed E-state index contributed by atoms with van der Waals surface area (Å²) in [6.07, 6.45) is 3.49. The lowest BCUT2D eigenvalue weighted by atomic mass is 9.39. The molecule has 0 aromatic heterocycles. The van der Waals surface area contributed by atoms with E-state index < -0.39 is 11.5 Å². The number of alkyl halides is 2. The monoisotopic (exact) mass is 429 g/mol. The van der Waals surface area contributed by atoms with Gasteiger partial charge in [0, 0.05) is 18.5 Å². The molecule has 0 aromatic rings. The molecule has 0 spiro atoms. The number of nitrogens with one attached hydrogen (secondary N) is 3. The normalized spacial score (nSPS) is 43.6. The van der Waals surface area contributed by atoms with Crippen LogP contribution < -0.4 is 16.0 Å². The number of rotatable bonds is 7. The standard InChI is InChI=1S/C21H33ClFN3O3/c1-13-4-5-24-7-14(13)8-25-19(28)20-10-21(11-20,12-20)26-18(27)9-29-15-2-3-16(22)17(23)6-15/h13-17,24H,2-12H2,1H3,(H,25,28)(H,26,27). The van der Waals surface area contributed by atoms with Crippen molar-refractivity contribution in [3.05, 3.63) is 0 Å². The molecule has 1 aliphatic heterocycles. The van der Waals surface area contributed by atoms with Crippen molar-refractivity contribution in [2.45, 2.75) is 75.1 Å². The molecule has 2 amide bonds. The molecule has 0 radical (unpaired) electrons. The number of hydrogen-bond acceptors (Lipinski definition) is 4. The summed E-state index contributed by atoms with van der Waals surface area (Å²) >= 11 is 5.88. The van der Waals surface area contributed by atoms with E-state index in [-0.39, 0.29) is 41.9 Å². The highest BCUT2D eigenvalue weighted by Crippen LogP contribution is 2.67. The van der Waals surface area contributed by atoms with Crippen molar-refractivity contribution in [3.8, 4) is 0 Å². The summed E-state index contributed by atoms with van der Waals surface area (Å²) < 4.78 is 19.2. The first-order valence-corrected chi connectivity index (χ1v) is 11.4. The van der Waals surface area contributed by atoms with Crippen molar-refractivity contribution in [1.29, 1.82) is 0 Å². The highest BCUT2D eigenvalue weighted by atomic mass is 35.5. The van der Waals surface area contributed by atoms with Crippen LogP contribution >= 0.6 is 11.6 Å². The van der Waals surface area contributed by atoms with Gasteiger partial charge >= 0.3 is 0 Å². The molecule has 8 heteroatoms. The molecule has 5 fully saturated rings. The van der Waals surface area contributed by atoms with Crippen molar-refractivity contribution in [2.75, 3.05) is 26.2 Å². The fourth-order valence-electron chi connectivity index (χ4n) is 5.62. The highest BCUT2D eigenvalue weighted by molar-refractivity contribution is 6.21. The van der Waals surface area contributed by atoms with Crippen LogP contribution in [0.1, 0.15) is 51.9 Å². The first-order chi connectivity index (χ1) is 13.8. The maximum Gasteiger partial charge on any atom is 0.246 e. The zero-order chi connectivity index (χ0) is 20.6. The van der Waals surface area contributed by atoms with Crippen LogP contribution in [-0.2, 0) is 14.3 Å². The van der Waals surface area contributed by atoms with Crippen LogP contribution in [0.5, 0.6) is 0 Å². The van der Waals surface area contributed by atoms with Gasteiger partial charge in [-0.2, -0.15) is 0 Å². The van der Waals surface area contributed by atoms with Gasteiger partial charge in [-0.15, -0.1) is 11.6 Å². The largest absolute Gasteiger partial charge is 0.368 e. The number of carbonyl (C=O) groups excluding carboxylic acids is 2. The predicted octanol–water partition coefficient (Wildman–Crippen LogP) is 1.90. The Morgan fingerprint density at radius 3 is 2.69 bits per heavy atom. The zero-order valence-corrected chi connectivity index (χ0v) is 17.9. The van der Waals surface area contributed by atoms with Crippen molar-refractivity contribution >= 4 is 23.4 Å². The van der Waals surface area contributed by atoms with Gasteiger partial charge in [0.1, 0.15) is 12.8 Å². The second-order valence-electron chi connectivity index (χ2n) is 9.86. The van der Waals surface area contributed by atoms with Crippen LogP contribution in [0, 0.1) is 17.3 Å². The molecule has 3 N–H and O–H groups in total. The lowest BCUT2D eigenvalue weighted by Crippen LogP contribution is -2.78. The van der Waals surface area contributed by atoms with Gasteiger partial charge in [0.2, 0.25) is 11.8 Å². The lowest BCUT2D eigenvalue weighted by Gasteiger charge is -2.69. The number of halogens is 2. The molecule has 6 nitrogen and oxygen atoms in total. The van der Waals surface area contributed by atoms with Crippen molar-refractivity contribution in [3.63, 3.8) is 0 Å². The Morgan fingerprint density at radius 2 is 2.00 bits per heavy atom. The molecule has 29 heavy (non-hydrogen) atoms. The van der Waals surface area contributed by atoms with Gasteiger partial charge in [0.25, 0.3) is 0 Å². The fourth-order valence-corrected chi connectivity index (χ4v) is 5.85. The molecule has 5 unspecified atom stereocenters. The van der Waals surface area contributed by atoms with E-state index in [0.717, 1.165) is 26.1 Å². The van der Waals surface area contributed by atoms with E-state index in [9.17, 15) is 14.0 Å². The third-order valence-electron chi connectivity index (χ3n) is 7.52. The molecule has 1 heterocycles. The Labute approximate surface area is 177 Å². The lowest BCUT2D eigenvalue weighted by molar-refractivity contribution is -0.185. The molecule has 1 saturated heterocycles. The average Bonchev–Trinajstić information content (AvgIpc) is 2.63. The van der Waals surface area contributed by atoms with E-state index >= 15 is 0 Å². The van der Waals surface area contributed by atoms with Crippen molar-refractivity contribution < 1.29 is 18.7 Å². The summed E-state index contributed by atoms with van der Waals surface area (Å²) in [5, 5.41) is 9.14. The average molecular weight is 430 g/mol. The summed E-state index contributed by atoms with van der Waals surface area (Å²) in [7, 11) is 0. The fraction of sp³-hybridized carbons (Fsp3) is 0.905. The van der Waals surface area contributed by atoms with Gasteiger partial charge in [-0.1, -0.05) is 6.92 Å². The van der Waals surface area contributed by atoms with E-state index in [4.69, 9.17) is 16.3 Å². The Bertz CT molecular complexity index is 629. The summed E-state index contributed by atoms with van der Waals surface area (Å²) in [6.45, 7) is 4.94. The number of hydrogen-bond donors (Lipinski definition) is 3. The maximum atomic E-state index is 13.7. The minimum Gasteiger partial charge on any atom is -0.368 e. The summed E-state index contributed by atoms with van der Waals surface area (Å²) in [5.74, 6) is 1.07. The Balaban J connectivity index is 1.14.